The number of aliphatic hydroxyl groups excluding tert-OH is 1. The van der Waals surface area contributed by atoms with Crippen LogP contribution in [0.2, 0.25) is 0 Å². The average molecular weight is 514 g/mol. The number of nitrogens with one attached hydrogen (secondary N) is 1. The van der Waals surface area contributed by atoms with Gasteiger partial charge < -0.3 is 20.1 Å². The zero-order valence-electron chi connectivity index (χ0n) is 20.8. The van der Waals surface area contributed by atoms with Gasteiger partial charge in [0.15, 0.2) is 5.13 Å². The van der Waals surface area contributed by atoms with Crippen molar-refractivity contribution in [2.45, 2.75) is 50.7 Å². The number of nitrogens with zero attached hydrogens (tertiary/aromatic N) is 4. The van der Waals surface area contributed by atoms with Crippen molar-refractivity contribution in [1.82, 2.24) is 15.0 Å². The molecule has 2 fully saturated rings. The van der Waals surface area contributed by atoms with Crippen LogP contribution >= 0.6 is 11.3 Å². The molecule has 1 aromatic carbocycles. The first-order chi connectivity index (χ1) is 18.1. The van der Waals surface area contributed by atoms with Gasteiger partial charge in [-0.2, -0.15) is 0 Å². The number of anilines is 2. The van der Waals surface area contributed by atoms with Crippen molar-refractivity contribution in [1.29, 1.82) is 0 Å². The Kier molecular flexibility index (Phi) is 6.76. The highest BCUT2D eigenvalue weighted by Gasteiger charge is 2.20. The van der Waals surface area contributed by atoms with E-state index >= 15 is 0 Å². The van der Waals surface area contributed by atoms with E-state index < -0.39 is 0 Å². The molecule has 37 heavy (non-hydrogen) atoms. The molecule has 190 valence electrons. The second kappa shape index (κ2) is 10.5. The molecule has 3 aromatic heterocycles. The van der Waals surface area contributed by atoms with E-state index in [1.165, 1.54) is 18.4 Å². The fraction of sp³-hybridized carbons (Fsp3) is 0.345. The summed E-state index contributed by atoms with van der Waals surface area (Å²) in [5.74, 6) is 2.41. The number of aliphatic hydroxyl groups is 1. The number of benzene rings is 1. The fourth-order valence-corrected chi connectivity index (χ4v) is 5.99. The number of ether oxygens (including phenoxy) is 1. The molecule has 0 bridgehead atoms. The minimum Gasteiger partial charge on any atom is -0.457 e. The second-order valence-electron chi connectivity index (χ2n) is 9.85. The minimum atomic E-state index is -0.209. The zero-order chi connectivity index (χ0) is 25.2. The number of fused-ring (bicyclic) bond motifs is 1. The van der Waals surface area contributed by atoms with Crippen molar-refractivity contribution in [2.24, 2.45) is 0 Å². The van der Waals surface area contributed by atoms with Gasteiger partial charge in [-0.3, -0.25) is 4.98 Å². The molecule has 0 spiro atoms. The summed E-state index contributed by atoms with van der Waals surface area (Å²) in [6.07, 6.45) is 9.60. The minimum absolute atomic E-state index is 0.209. The number of piperidine rings is 1. The molecule has 1 aliphatic carbocycles. The van der Waals surface area contributed by atoms with Gasteiger partial charge in [0.1, 0.15) is 17.3 Å². The highest BCUT2D eigenvalue weighted by Crippen LogP contribution is 2.34. The summed E-state index contributed by atoms with van der Waals surface area (Å²) in [4.78, 5) is 16.1. The lowest BCUT2D eigenvalue weighted by atomic mass is 9.91. The van der Waals surface area contributed by atoms with Gasteiger partial charge in [-0.05, 0) is 62.4 Å². The number of hydrogen-bond donors (Lipinski definition) is 2. The van der Waals surface area contributed by atoms with E-state index in [0.717, 1.165) is 82.7 Å². The molecule has 4 aromatic rings. The molecule has 0 radical (unpaired) electrons. The molecule has 2 N–H and O–H groups in total. The van der Waals surface area contributed by atoms with Crippen molar-refractivity contribution in [3.63, 3.8) is 0 Å². The van der Waals surface area contributed by atoms with Gasteiger partial charge in [-0.15, -0.1) is 0 Å². The van der Waals surface area contributed by atoms with Crippen LogP contribution in [-0.2, 0) is 0 Å². The Hall–Kier alpha value is -3.49. The van der Waals surface area contributed by atoms with E-state index in [4.69, 9.17) is 9.72 Å². The Bertz CT molecular complexity index is 1410. The maximum atomic E-state index is 9.81. The molecule has 1 atom stereocenters. The van der Waals surface area contributed by atoms with E-state index in [0.29, 0.717) is 6.04 Å². The Balaban J connectivity index is 1.18. The standard InChI is InChI=1S/C29H31N5O2S/c1-19-4-2-3-5-24(19)32-29-33-25-7-6-22(18-27(25)37-29)36-23-9-13-30-26(17-23)20-8-12-31-28(16-20)34-14-10-21(35)11-15-34/h6-9,12-13,16-18,21,24,35H,1-5,10-11,14-15H2,(H,32,33)/t24-/m1/s1. The van der Waals surface area contributed by atoms with Crippen LogP contribution in [0.3, 0.4) is 0 Å². The van der Waals surface area contributed by atoms with Crippen molar-refractivity contribution >= 4 is 32.5 Å². The molecular weight excluding hydrogens is 482 g/mol. The number of thiazole rings is 1. The first-order valence-corrected chi connectivity index (χ1v) is 13.8. The van der Waals surface area contributed by atoms with Gasteiger partial charge in [0.05, 0.1) is 22.0 Å². The molecule has 8 heteroatoms. The predicted octanol–water partition coefficient (Wildman–Crippen LogP) is 6.42. The Morgan fingerprint density at radius 2 is 1.81 bits per heavy atom. The van der Waals surface area contributed by atoms with Gasteiger partial charge in [0.2, 0.25) is 0 Å². The van der Waals surface area contributed by atoms with Crippen LogP contribution in [0.15, 0.2) is 67.0 Å². The van der Waals surface area contributed by atoms with Gasteiger partial charge in [-0.25, -0.2) is 9.97 Å². The molecule has 4 heterocycles. The summed E-state index contributed by atoms with van der Waals surface area (Å²) in [5, 5.41) is 14.3. The Labute approximate surface area is 220 Å². The summed E-state index contributed by atoms with van der Waals surface area (Å²) in [7, 11) is 0. The Morgan fingerprint density at radius 1 is 0.973 bits per heavy atom. The van der Waals surface area contributed by atoms with Crippen molar-refractivity contribution in [3.05, 3.63) is 67.0 Å². The van der Waals surface area contributed by atoms with Crippen LogP contribution in [0.5, 0.6) is 11.5 Å². The average Bonchev–Trinajstić information content (AvgIpc) is 3.32. The summed E-state index contributed by atoms with van der Waals surface area (Å²) in [6, 6.07) is 14.2. The van der Waals surface area contributed by atoms with Crippen molar-refractivity contribution in [3.8, 4) is 22.8 Å². The first kappa shape index (κ1) is 23.9. The van der Waals surface area contributed by atoms with E-state index in [1.807, 2.05) is 42.6 Å². The number of rotatable bonds is 6. The summed E-state index contributed by atoms with van der Waals surface area (Å²) >= 11 is 1.65. The zero-order valence-corrected chi connectivity index (χ0v) is 21.6. The molecule has 2 aliphatic rings. The van der Waals surface area contributed by atoms with Crippen molar-refractivity contribution < 1.29 is 9.84 Å². The van der Waals surface area contributed by atoms with Gasteiger partial charge in [-0.1, -0.05) is 29.9 Å². The maximum absolute atomic E-state index is 9.81. The molecular formula is C29H31N5O2S. The second-order valence-corrected chi connectivity index (χ2v) is 10.9. The largest absolute Gasteiger partial charge is 0.457 e. The molecule has 1 saturated heterocycles. The topological polar surface area (TPSA) is 83.4 Å². The lowest BCUT2D eigenvalue weighted by Gasteiger charge is -2.30. The third-order valence-electron chi connectivity index (χ3n) is 7.19. The van der Waals surface area contributed by atoms with Gasteiger partial charge in [0, 0.05) is 49.2 Å². The third-order valence-corrected chi connectivity index (χ3v) is 8.14. The summed E-state index contributed by atoms with van der Waals surface area (Å²) in [5.41, 5.74) is 4.06. The fourth-order valence-electron chi connectivity index (χ4n) is 5.05. The maximum Gasteiger partial charge on any atom is 0.184 e. The van der Waals surface area contributed by atoms with Crippen LogP contribution in [0.1, 0.15) is 38.5 Å². The monoisotopic (exact) mass is 513 g/mol. The molecule has 6 rings (SSSR count). The third kappa shape index (κ3) is 5.45. The molecule has 1 aliphatic heterocycles. The number of hydrogen-bond acceptors (Lipinski definition) is 8. The summed E-state index contributed by atoms with van der Waals surface area (Å²) < 4.78 is 7.32. The molecule has 1 saturated carbocycles. The quantitative estimate of drug-likeness (QED) is 0.288. The normalized spacial score (nSPS) is 18.8. The lowest BCUT2D eigenvalue weighted by molar-refractivity contribution is 0.145. The first-order valence-electron chi connectivity index (χ1n) is 13.0. The number of pyridine rings is 2. The van der Waals surface area contributed by atoms with Crippen LogP contribution in [0.25, 0.3) is 21.5 Å². The van der Waals surface area contributed by atoms with E-state index in [9.17, 15) is 5.11 Å². The van der Waals surface area contributed by atoms with E-state index in [1.54, 1.807) is 17.5 Å². The van der Waals surface area contributed by atoms with Gasteiger partial charge in [0.25, 0.3) is 0 Å². The van der Waals surface area contributed by atoms with Crippen molar-refractivity contribution in [2.75, 3.05) is 23.3 Å². The van der Waals surface area contributed by atoms with E-state index in [2.05, 4.69) is 32.8 Å². The Morgan fingerprint density at radius 3 is 2.68 bits per heavy atom. The molecule has 0 unspecified atom stereocenters. The van der Waals surface area contributed by atoms with E-state index in [-0.39, 0.29) is 6.10 Å². The smallest absolute Gasteiger partial charge is 0.184 e. The van der Waals surface area contributed by atoms with Crippen LogP contribution < -0.4 is 15.0 Å². The van der Waals surface area contributed by atoms with Crippen LogP contribution in [0.4, 0.5) is 10.9 Å². The predicted molar refractivity (Wildman–Crippen MR) is 150 cm³/mol. The van der Waals surface area contributed by atoms with Crippen LogP contribution in [0, 0.1) is 0 Å². The number of aromatic nitrogens is 3. The highest BCUT2D eigenvalue weighted by molar-refractivity contribution is 7.22. The molecule has 0 amide bonds. The lowest BCUT2D eigenvalue weighted by Crippen LogP contribution is -2.36. The molecule has 7 nitrogen and oxygen atoms in total. The van der Waals surface area contributed by atoms with Crippen LogP contribution in [-0.4, -0.2) is 45.3 Å². The summed E-state index contributed by atoms with van der Waals surface area (Å²) in [6.45, 7) is 5.85. The van der Waals surface area contributed by atoms with Gasteiger partial charge >= 0.3 is 0 Å². The SMILES string of the molecule is C=C1CCCC[C@H]1Nc1nc2ccc(Oc3ccnc(-c4ccnc(N5CCC(O)CC5)c4)c3)cc2s1. The highest BCUT2D eigenvalue weighted by atomic mass is 32.1.